The molecule has 0 bridgehead atoms. The van der Waals surface area contributed by atoms with Gasteiger partial charge < -0.3 is 4.74 Å². The fourth-order valence-corrected chi connectivity index (χ4v) is 7.96. The third-order valence-electron chi connectivity index (χ3n) is 9.65. The van der Waals surface area contributed by atoms with Crippen LogP contribution in [-0.2, 0) is 9.53 Å². The molecule has 5 rings (SSSR count). The first-order valence-corrected chi connectivity index (χ1v) is 11.7. The molecule has 0 unspecified atom stereocenters. The van der Waals surface area contributed by atoms with E-state index in [2.05, 4.69) is 13.8 Å². The lowest BCUT2D eigenvalue weighted by molar-refractivity contribution is -0.142. The first kappa shape index (κ1) is 19.3. The topological polar surface area (TPSA) is 43.4 Å². The van der Waals surface area contributed by atoms with Crippen molar-refractivity contribution in [3.05, 3.63) is 35.9 Å². The van der Waals surface area contributed by atoms with E-state index in [4.69, 9.17) is 4.74 Å². The van der Waals surface area contributed by atoms with Gasteiger partial charge in [0.25, 0.3) is 0 Å². The number of esters is 1. The Bertz CT molecular complexity index is 801. The average Bonchev–Trinajstić information content (AvgIpc) is 3.05. The summed E-state index contributed by atoms with van der Waals surface area (Å²) in [5.74, 6) is 3.06. The Morgan fingerprint density at radius 3 is 2.48 bits per heavy atom. The van der Waals surface area contributed by atoms with Crippen molar-refractivity contribution in [2.75, 3.05) is 0 Å². The molecule has 156 valence electrons. The maximum Gasteiger partial charge on any atom is 0.338 e. The second-order valence-electron chi connectivity index (χ2n) is 10.8. The monoisotopic (exact) mass is 394 g/mol. The van der Waals surface area contributed by atoms with Gasteiger partial charge in [-0.2, -0.15) is 0 Å². The first-order valence-electron chi connectivity index (χ1n) is 11.7. The van der Waals surface area contributed by atoms with E-state index in [1.807, 2.05) is 30.3 Å². The lowest BCUT2D eigenvalue weighted by atomic mass is 9.45. The summed E-state index contributed by atoms with van der Waals surface area (Å²) in [4.78, 5) is 24.8. The number of hydrogen-bond acceptors (Lipinski definition) is 3. The molecule has 0 aliphatic heterocycles. The van der Waals surface area contributed by atoms with Crippen molar-refractivity contribution in [2.45, 2.75) is 77.7 Å². The minimum absolute atomic E-state index is 0.0413. The second-order valence-corrected chi connectivity index (χ2v) is 10.8. The lowest BCUT2D eigenvalue weighted by Crippen LogP contribution is -2.54. The smallest absolute Gasteiger partial charge is 0.338 e. The zero-order chi connectivity index (χ0) is 20.2. The highest BCUT2D eigenvalue weighted by molar-refractivity contribution is 5.89. The van der Waals surface area contributed by atoms with Crippen molar-refractivity contribution in [3.8, 4) is 0 Å². The molecule has 4 aliphatic carbocycles. The van der Waals surface area contributed by atoms with E-state index in [0.717, 1.165) is 43.9 Å². The van der Waals surface area contributed by atoms with Gasteiger partial charge >= 0.3 is 5.97 Å². The number of Topliss-reactive ketones (excluding diaryl/α,β-unsaturated/α-hetero) is 1. The van der Waals surface area contributed by atoms with Crippen LogP contribution in [0.1, 0.15) is 82.0 Å². The van der Waals surface area contributed by atoms with E-state index in [1.165, 1.54) is 25.7 Å². The Balaban J connectivity index is 1.34. The summed E-state index contributed by atoms with van der Waals surface area (Å²) >= 11 is 0. The van der Waals surface area contributed by atoms with Crippen LogP contribution in [-0.4, -0.2) is 17.9 Å². The molecule has 0 N–H and O–H groups in total. The molecule has 3 heteroatoms. The number of carbonyl (C=O) groups is 2. The lowest BCUT2D eigenvalue weighted by Gasteiger charge is -2.60. The summed E-state index contributed by atoms with van der Waals surface area (Å²) in [6.07, 6.45) is 9.79. The second kappa shape index (κ2) is 6.96. The van der Waals surface area contributed by atoms with Gasteiger partial charge in [0, 0.05) is 18.3 Å². The molecule has 3 nitrogen and oxygen atoms in total. The fraction of sp³-hybridized carbons (Fsp3) is 0.692. The van der Waals surface area contributed by atoms with Crippen LogP contribution in [0.3, 0.4) is 0 Å². The average molecular weight is 395 g/mol. The van der Waals surface area contributed by atoms with Crippen molar-refractivity contribution in [2.24, 2.45) is 34.5 Å². The van der Waals surface area contributed by atoms with E-state index in [0.29, 0.717) is 28.6 Å². The molecule has 0 saturated heterocycles. The molecular formula is C26H34O3. The van der Waals surface area contributed by atoms with E-state index in [9.17, 15) is 9.59 Å². The van der Waals surface area contributed by atoms with E-state index in [1.54, 1.807) is 0 Å². The van der Waals surface area contributed by atoms with Crippen LogP contribution < -0.4 is 0 Å². The van der Waals surface area contributed by atoms with Gasteiger partial charge in [-0.25, -0.2) is 4.79 Å². The highest BCUT2D eigenvalue weighted by Crippen LogP contribution is 2.66. The molecular weight excluding hydrogens is 360 g/mol. The minimum atomic E-state index is -0.166. The van der Waals surface area contributed by atoms with Gasteiger partial charge in [0.15, 0.2) is 0 Å². The van der Waals surface area contributed by atoms with Gasteiger partial charge in [0.1, 0.15) is 11.9 Å². The Labute approximate surface area is 174 Å². The van der Waals surface area contributed by atoms with Crippen LogP contribution in [0, 0.1) is 34.5 Å². The predicted molar refractivity (Wildman–Crippen MR) is 112 cm³/mol. The normalized spacial score (nSPS) is 43.8. The molecule has 4 saturated carbocycles. The molecule has 0 heterocycles. The third kappa shape index (κ3) is 2.99. The van der Waals surface area contributed by atoms with Gasteiger partial charge in [0.2, 0.25) is 0 Å². The highest BCUT2D eigenvalue weighted by atomic mass is 16.5. The quantitative estimate of drug-likeness (QED) is 0.593. The van der Waals surface area contributed by atoms with Crippen LogP contribution in [0.5, 0.6) is 0 Å². The number of rotatable bonds is 2. The molecule has 0 amide bonds. The Morgan fingerprint density at radius 2 is 1.69 bits per heavy atom. The SMILES string of the molecule is C[C@]12CCC(=O)C[C@H]1CC[C@@H]1[C@H]3CC[C@H](OC(=O)c4ccccc4)[C@@]3(C)CC[C@@H]12. The minimum Gasteiger partial charge on any atom is -0.458 e. The molecule has 7 atom stereocenters. The van der Waals surface area contributed by atoms with Crippen molar-refractivity contribution in [1.29, 1.82) is 0 Å². The predicted octanol–water partition coefficient (Wildman–Crippen LogP) is 5.82. The number of benzene rings is 1. The highest BCUT2D eigenvalue weighted by Gasteiger charge is 2.61. The zero-order valence-electron chi connectivity index (χ0n) is 17.9. The Kier molecular flexibility index (Phi) is 4.64. The number of ether oxygens (including phenoxy) is 1. The maximum atomic E-state index is 12.7. The van der Waals surface area contributed by atoms with Crippen LogP contribution in [0.2, 0.25) is 0 Å². The van der Waals surface area contributed by atoms with Crippen molar-refractivity contribution >= 4 is 11.8 Å². The molecule has 0 radical (unpaired) electrons. The molecule has 0 spiro atoms. The number of ketones is 1. The number of fused-ring (bicyclic) bond motifs is 5. The fourth-order valence-electron chi connectivity index (χ4n) is 7.96. The zero-order valence-corrected chi connectivity index (χ0v) is 17.9. The standard InChI is InChI=1S/C26H34O3/c1-25-14-12-19(27)16-18(25)8-9-20-21-10-11-23(26(21,2)15-13-22(20)25)29-24(28)17-6-4-3-5-7-17/h3-7,18,20-23H,8-16H2,1-2H3/t18-,20-,21-,22+,23+,25+,26+/m1/s1. The summed E-state index contributed by atoms with van der Waals surface area (Å²) in [6, 6.07) is 9.42. The van der Waals surface area contributed by atoms with Crippen molar-refractivity contribution in [1.82, 2.24) is 0 Å². The molecule has 1 aromatic carbocycles. The van der Waals surface area contributed by atoms with Gasteiger partial charge in [-0.05, 0) is 86.2 Å². The van der Waals surface area contributed by atoms with Crippen molar-refractivity contribution < 1.29 is 14.3 Å². The Morgan fingerprint density at radius 1 is 0.931 bits per heavy atom. The number of hydrogen-bond donors (Lipinski definition) is 0. The van der Waals surface area contributed by atoms with Crippen LogP contribution in [0.15, 0.2) is 30.3 Å². The Hall–Kier alpha value is -1.64. The summed E-state index contributed by atoms with van der Waals surface area (Å²) in [7, 11) is 0. The first-order chi connectivity index (χ1) is 13.9. The number of carbonyl (C=O) groups excluding carboxylic acids is 2. The molecule has 4 fully saturated rings. The van der Waals surface area contributed by atoms with E-state index >= 15 is 0 Å². The molecule has 0 aromatic heterocycles. The van der Waals surface area contributed by atoms with E-state index in [-0.39, 0.29) is 17.5 Å². The molecule has 29 heavy (non-hydrogen) atoms. The summed E-state index contributed by atoms with van der Waals surface area (Å²) in [5, 5.41) is 0. The molecule has 4 aliphatic rings. The van der Waals surface area contributed by atoms with Gasteiger partial charge in [-0.3, -0.25) is 4.79 Å². The van der Waals surface area contributed by atoms with Gasteiger partial charge in [0.05, 0.1) is 5.56 Å². The van der Waals surface area contributed by atoms with Crippen LogP contribution in [0.4, 0.5) is 0 Å². The summed E-state index contributed by atoms with van der Waals surface area (Å²) in [5.41, 5.74) is 1.11. The van der Waals surface area contributed by atoms with E-state index < -0.39 is 0 Å². The third-order valence-corrected chi connectivity index (χ3v) is 9.65. The molecule has 1 aromatic rings. The van der Waals surface area contributed by atoms with Gasteiger partial charge in [-0.15, -0.1) is 0 Å². The summed E-state index contributed by atoms with van der Waals surface area (Å²) < 4.78 is 6.11. The van der Waals surface area contributed by atoms with Crippen LogP contribution >= 0.6 is 0 Å². The van der Waals surface area contributed by atoms with Crippen molar-refractivity contribution in [3.63, 3.8) is 0 Å². The van der Waals surface area contributed by atoms with Gasteiger partial charge in [-0.1, -0.05) is 32.0 Å². The van der Waals surface area contributed by atoms with Crippen LogP contribution in [0.25, 0.3) is 0 Å². The summed E-state index contributed by atoms with van der Waals surface area (Å²) in [6.45, 7) is 4.88. The maximum absolute atomic E-state index is 12.7. The largest absolute Gasteiger partial charge is 0.458 e.